The first-order valence-electron chi connectivity index (χ1n) is 9.28. The summed E-state index contributed by atoms with van der Waals surface area (Å²) in [5.41, 5.74) is 0. The number of nitrogens with one attached hydrogen (secondary N) is 1. The fourth-order valence-electron chi connectivity index (χ4n) is 3.76. The highest BCUT2D eigenvalue weighted by Gasteiger charge is 2.31. The van der Waals surface area contributed by atoms with Gasteiger partial charge in [-0.25, -0.2) is 0 Å². The Kier molecular flexibility index (Phi) is 8.05. The van der Waals surface area contributed by atoms with Gasteiger partial charge in [0.1, 0.15) is 0 Å². The molecule has 1 N–H and O–H groups in total. The Morgan fingerprint density at radius 2 is 2.14 bits per heavy atom. The molecule has 2 rings (SSSR count). The minimum atomic E-state index is 0.554. The van der Waals surface area contributed by atoms with Crippen LogP contribution in [-0.2, 0) is 9.47 Å². The van der Waals surface area contributed by atoms with Crippen molar-refractivity contribution in [2.75, 3.05) is 19.8 Å². The minimum Gasteiger partial charge on any atom is -0.378 e. The van der Waals surface area contributed by atoms with E-state index in [0.29, 0.717) is 18.2 Å². The van der Waals surface area contributed by atoms with Crippen molar-refractivity contribution in [2.45, 2.75) is 89.9 Å². The maximum atomic E-state index is 5.73. The molecule has 0 spiro atoms. The van der Waals surface area contributed by atoms with E-state index in [1.54, 1.807) is 0 Å². The van der Waals surface area contributed by atoms with Crippen molar-refractivity contribution in [2.24, 2.45) is 5.92 Å². The van der Waals surface area contributed by atoms with Crippen molar-refractivity contribution in [3.63, 3.8) is 0 Å². The van der Waals surface area contributed by atoms with Crippen molar-refractivity contribution in [3.8, 4) is 0 Å². The first kappa shape index (κ1) is 17.2. The summed E-state index contributed by atoms with van der Waals surface area (Å²) in [6.07, 6.45) is 12.7. The van der Waals surface area contributed by atoms with E-state index >= 15 is 0 Å². The zero-order valence-electron chi connectivity index (χ0n) is 14.1. The van der Waals surface area contributed by atoms with E-state index in [2.05, 4.69) is 19.2 Å². The molecular formula is C18H35NO2. The van der Waals surface area contributed by atoms with Crippen molar-refractivity contribution < 1.29 is 9.47 Å². The zero-order chi connectivity index (χ0) is 14.9. The minimum absolute atomic E-state index is 0.554. The van der Waals surface area contributed by atoms with Crippen molar-refractivity contribution >= 4 is 0 Å². The monoisotopic (exact) mass is 297 g/mol. The predicted octanol–water partition coefficient (Wildman–Crippen LogP) is 3.91. The largest absolute Gasteiger partial charge is 0.378 e. The topological polar surface area (TPSA) is 30.5 Å². The fraction of sp³-hybridized carbons (Fsp3) is 1.00. The van der Waals surface area contributed by atoms with Crippen molar-refractivity contribution in [3.05, 3.63) is 0 Å². The van der Waals surface area contributed by atoms with Crippen molar-refractivity contribution in [1.29, 1.82) is 0 Å². The van der Waals surface area contributed by atoms with Crippen LogP contribution in [0.4, 0.5) is 0 Å². The van der Waals surface area contributed by atoms with Gasteiger partial charge in [-0.3, -0.25) is 0 Å². The van der Waals surface area contributed by atoms with Crippen LogP contribution < -0.4 is 5.32 Å². The highest BCUT2D eigenvalue weighted by atomic mass is 16.5. The fourth-order valence-corrected chi connectivity index (χ4v) is 3.76. The summed E-state index contributed by atoms with van der Waals surface area (Å²) in [4.78, 5) is 0. The Morgan fingerprint density at radius 3 is 2.81 bits per heavy atom. The van der Waals surface area contributed by atoms with Crippen LogP contribution in [0, 0.1) is 5.92 Å². The summed E-state index contributed by atoms with van der Waals surface area (Å²) in [7, 11) is 0. The van der Waals surface area contributed by atoms with Gasteiger partial charge in [-0.2, -0.15) is 0 Å². The average Bonchev–Trinajstić information content (AvgIpc) is 2.95. The molecule has 0 radical (unpaired) electrons. The van der Waals surface area contributed by atoms with Crippen LogP contribution in [0.15, 0.2) is 0 Å². The van der Waals surface area contributed by atoms with Crippen LogP contribution in [0.2, 0.25) is 0 Å². The summed E-state index contributed by atoms with van der Waals surface area (Å²) >= 11 is 0. The summed E-state index contributed by atoms with van der Waals surface area (Å²) in [5, 5.41) is 3.76. The second kappa shape index (κ2) is 9.81. The van der Waals surface area contributed by atoms with Gasteiger partial charge in [-0.15, -0.1) is 0 Å². The third-order valence-corrected chi connectivity index (χ3v) is 5.00. The van der Waals surface area contributed by atoms with Gasteiger partial charge in [0.05, 0.1) is 12.2 Å². The van der Waals surface area contributed by atoms with E-state index < -0.39 is 0 Å². The Bertz CT molecular complexity index is 260. The van der Waals surface area contributed by atoms with Gasteiger partial charge >= 0.3 is 0 Å². The van der Waals surface area contributed by atoms with E-state index in [4.69, 9.17) is 9.47 Å². The SMILES string of the molecule is CCCNC(CCCC1CCCO1)CC1CC(OCC)C1. The van der Waals surface area contributed by atoms with E-state index in [0.717, 1.165) is 25.7 Å². The molecule has 3 heteroatoms. The maximum absolute atomic E-state index is 5.73. The summed E-state index contributed by atoms with van der Waals surface area (Å²) < 4.78 is 11.4. The van der Waals surface area contributed by atoms with Gasteiger partial charge in [-0.1, -0.05) is 6.92 Å². The van der Waals surface area contributed by atoms with E-state index in [-0.39, 0.29) is 0 Å². The molecule has 2 fully saturated rings. The molecule has 1 aliphatic carbocycles. The Morgan fingerprint density at radius 1 is 1.29 bits per heavy atom. The third kappa shape index (κ3) is 6.25. The molecular weight excluding hydrogens is 262 g/mol. The van der Waals surface area contributed by atoms with Gasteiger partial charge in [0.25, 0.3) is 0 Å². The highest BCUT2D eigenvalue weighted by Crippen LogP contribution is 2.34. The number of ether oxygens (including phenoxy) is 2. The predicted molar refractivity (Wildman–Crippen MR) is 87.7 cm³/mol. The highest BCUT2D eigenvalue weighted by molar-refractivity contribution is 4.84. The van der Waals surface area contributed by atoms with Crippen molar-refractivity contribution in [1.82, 2.24) is 5.32 Å². The molecule has 0 bridgehead atoms. The lowest BCUT2D eigenvalue weighted by Gasteiger charge is -2.37. The maximum Gasteiger partial charge on any atom is 0.0580 e. The number of hydrogen-bond donors (Lipinski definition) is 1. The van der Waals surface area contributed by atoms with Crippen LogP contribution in [0.1, 0.15) is 71.6 Å². The second-order valence-corrected chi connectivity index (χ2v) is 6.87. The number of hydrogen-bond acceptors (Lipinski definition) is 3. The molecule has 1 heterocycles. The zero-order valence-corrected chi connectivity index (χ0v) is 14.1. The molecule has 0 aromatic heterocycles. The molecule has 1 saturated heterocycles. The summed E-state index contributed by atoms with van der Waals surface area (Å²) in [6, 6.07) is 0.707. The second-order valence-electron chi connectivity index (χ2n) is 6.87. The van der Waals surface area contributed by atoms with E-state index in [1.165, 1.54) is 57.8 Å². The standard InChI is InChI=1S/C18H35NO2/c1-3-10-19-16(7-5-8-17-9-6-11-21-17)12-15-13-18(14-15)20-4-2/h15-19H,3-14H2,1-2H3. The van der Waals surface area contributed by atoms with Crippen LogP contribution in [-0.4, -0.2) is 38.0 Å². The summed E-state index contributed by atoms with van der Waals surface area (Å²) in [5.74, 6) is 0.888. The first-order chi connectivity index (χ1) is 10.3. The molecule has 124 valence electrons. The van der Waals surface area contributed by atoms with Crippen LogP contribution in [0.25, 0.3) is 0 Å². The normalized spacial score (nSPS) is 30.3. The molecule has 0 aromatic carbocycles. The molecule has 3 nitrogen and oxygen atoms in total. The summed E-state index contributed by atoms with van der Waals surface area (Å²) in [6.45, 7) is 7.38. The molecule has 0 aromatic rings. The van der Waals surface area contributed by atoms with E-state index in [1.807, 2.05) is 0 Å². The Labute approximate surface area is 131 Å². The molecule has 0 amide bonds. The lowest BCUT2D eigenvalue weighted by atomic mass is 9.77. The molecule has 1 saturated carbocycles. The molecule has 21 heavy (non-hydrogen) atoms. The third-order valence-electron chi connectivity index (χ3n) is 5.00. The van der Waals surface area contributed by atoms with Gasteiger partial charge in [0, 0.05) is 19.3 Å². The molecule has 1 aliphatic heterocycles. The van der Waals surface area contributed by atoms with Gasteiger partial charge in [-0.05, 0) is 77.2 Å². The molecule has 2 unspecified atom stereocenters. The lowest BCUT2D eigenvalue weighted by Crippen LogP contribution is -2.38. The van der Waals surface area contributed by atoms with E-state index in [9.17, 15) is 0 Å². The quantitative estimate of drug-likeness (QED) is 0.627. The van der Waals surface area contributed by atoms with Crippen LogP contribution in [0.3, 0.4) is 0 Å². The van der Waals surface area contributed by atoms with Gasteiger partial charge in [0.2, 0.25) is 0 Å². The van der Waals surface area contributed by atoms with Gasteiger partial charge in [0.15, 0.2) is 0 Å². The lowest BCUT2D eigenvalue weighted by molar-refractivity contribution is -0.0293. The molecule has 2 aliphatic rings. The smallest absolute Gasteiger partial charge is 0.0580 e. The van der Waals surface area contributed by atoms with Gasteiger partial charge < -0.3 is 14.8 Å². The Balaban J connectivity index is 1.60. The van der Waals surface area contributed by atoms with Crippen LogP contribution >= 0.6 is 0 Å². The average molecular weight is 297 g/mol. The number of rotatable bonds is 11. The van der Waals surface area contributed by atoms with Crippen LogP contribution in [0.5, 0.6) is 0 Å². The Hall–Kier alpha value is -0.120. The first-order valence-corrected chi connectivity index (χ1v) is 9.28. The molecule has 2 atom stereocenters.